The van der Waals surface area contributed by atoms with Gasteiger partial charge in [0.25, 0.3) is 0 Å². The summed E-state index contributed by atoms with van der Waals surface area (Å²) in [6, 6.07) is 6.91. The number of rotatable bonds is 6. The van der Waals surface area contributed by atoms with E-state index in [0.29, 0.717) is 23.1 Å². The molecule has 2 atom stereocenters. The molecule has 2 aromatic carbocycles. The van der Waals surface area contributed by atoms with Crippen molar-refractivity contribution in [2.24, 2.45) is 0 Å². The van der Waals surface area contributed by atoms with E-state index in [4.69, 9.17) is 6.42 Å². The number of esters is 1. The third-order valence-electron chi connectivity index (χ3n) is 5.83. The van der Waals surface area contributed by atoms with E-state index in [2.05, 4.69) is 10.7 Å². The molecule has 0 aliphatic carbocycles. The number of fused-ring (bicyclic) bond motifs is 1. The summed E-state index contributed by atoms with van der Waals surface area (Å²) in [5, 5.41) is 0. The van der Waals surface area contributed by atoms with Crippen LogP contribution >= 0.6 is 0 Å². The molecule has 3 nitrogen and oxygen atoms in total. The summed E-state index contributed by atoms with van der Waals surface area (Å²) >= 11 is 0. The van der Waals surface area contributed by atoms with Crippen molar-refractivity contribution < 1.29 is 22.7 Å². The zero-order valence-electron chi connectivity index (χ0n) is 18.8. The third kappa shape index (κ3) is 5.16. The lowest BCUT2D eigenvalue weighted by Gasteiger charge is -2.44. The number of terminal acetylenes is 1. The highest BCUT2D eigenvalue weighted by Crippen LogP contribution is 2.41. The summed E-state index contributed by atoms with van der Waals surface area (Å²) in [4.78, 5) is 13.2. The van der Waals surface area contributed by atoms with Crippen molar-refractivity contribution in [2.75, 3.05) is 13.7 Å². The number of alkyl halides is 1. The van der Waals surface area contributed by atoms with Crippen molar-refractivity contribution >= 4 is 5.97 Å². The molecule has 6 heteroatoms. The smallest absolute Gasteiger partial charge is 0.305 e. The molecular formula is C26H28F3NO2. The molecular weight excluding hydrogens is 415 g/mol. The first kappa shape index (κ1) is 23.9. The second kappa shape index (κ2) is 9.38. The number of hydrogen-bond donors (Lipinski definition) is 0. The number of hydrogen-bond acceptors (Lipinski definition) is 3. The monoisotopic (exact) mass is 443 g/mol. The molecule has 32 heavy (non-hydrogen) atoms. The minimum atomic E-state index is -1.56. The van der Waals surface area contributed by atoms with Crippen LogP contribution in [0.25, 0.3) is 0 Å². The Labute approximate surface area is 187 Å². The van der Waals surface area contributed by atoms with E-state index in [-0.39, 0.29) is 31.0 Å². The first-order valence-electron chi connectivity index (χ1n) is 10.6. The van der Waals surface area contributed by atoms with Crippen molar-refractivity contribution in [3.63, 3.8) is 0 Å². The predicted octanol–water partition coefficient (Wildman–Crippen LogP) is 5.14. The lowest BCUT2D eigenvalue weighted by atomic mass is 9.83. The number of carbonyl (C=O) groups is 1. The van der Waals surface area contributed by atoms with Crippen molar-refractivity contribution in [1.29, 1.82) is 0 Å². The highest BCUT2D eigenvalue weighted by atomic mass is 19.1. The van der Waals surface area contributed by atoms with Crippen LogP contribution in [0, 0.1) is 24.0 Å². The van der Waals surface area contributed by atoms with Gasteiger partial charge in [0.15, 0.2) is 0 Å². The van der Waals surface area contributed by atoms with E-state index in [1.54, 1.807) is 12.1 Å². The quantitative estimate of drug-likeness (QED) is 0.458. The molecule has 1 aliphatic heterocycles. The summed E-state index contributed by atoms with van der Waals surface area (Å²) in [6.45, 7) is 4.84. The molecule has 0 radical (unpaired) electrons. The molecule has 1 heterocycles. The molecule has 0 bridgehead atoms. The maximum Gasteiger partial charge on any atom is 0.305 e. The topological polar surface area (TPSA) is 29.5 Å². The van der Waals surface area contributed by atoms with E-state index in [1.807, 2.05) is 17.9 Å². The van der Waals surface area contributed by atoms with Gasteiger partial charge in [-0.15, -0.1) is 6.42 Å². The van der Waals surface area contributed by atoms with Crippen molar-refractivity contribution in [3.05, 3.63) is 69.8 Å². The van der Waals surface area contributed by atoms with Gasteiger partial charge < -0.3 is 4.74 Å². The van der Waals surface area contributed by atoms with Gasteiger partial charge in [0, 0.05) is 30.1 Å². The van der Waals surface area contributed by atoms with E-state index in [1.165, 1.54) is 33.1 Å². The van der Waals surface area contributed by atoms with Crippen LogP contribution < -0.4 is 0 Å². The lowest BCUT2D eigenvalue weighted by Crippen LogP contribution is -2.48. The fourth-order valence-electron chi connectivity index (χ4n) is 4.40. The van der Waals surface area contributed by atoms with Crippen molar-refractivity contribution in [2.45, 2.75) is 57.8 Å². The predicted molar refractivity (Wildman–Crippen MR) is 118 cm³/mol. The summed E-state index contributed by atoms with van der Waals surface area (Å²) in [5.41, 5.74) is 0.977. The minimum absolute atomic E-state index is 0.0120. The standard InChI is InChI=1S/C26H28F3NO2/c1-6-17-7-9-20-19(12-17)11-16(2)30(15-26(3,4)29)25(20)24-21(27)13-18(14-22(24)28)8-10-23(31)32-5/h1,7,9,12-14,16,25H,8,10-11,15H2,2-5H3. The maximum atomic E-state index is 15.4. The zero-order valence-corrected chi connectivity index (χ0v) is 18.8. The number of carbonyl (C=O) groups excluding carboxylic acids is 1. The first-order valence-corrected chi connectivity index (χ1v) is 10.6. The Hall–Kier alpha value is -2.78. The van der Waals surface area contributed by atoms with E-state index in [0.717, 1.165) is 5.56 Å². The van der Waals surface area contributed by atoms with Crippen LogP contribution in [0.2, 0.25) is 0 Å². The highest BCUT2D eigenvalue weighted by molar-refractivity contribution is 5.69. The van der Waals surface area contributed by atoms with Crippen LogP contribution in [0.3, 0.4) is 0 Å². The van der Waals surface area contributed by atoms with Gasteiger partial charge in [-0.25, -0.2) is 13.2 Å². The number of nitrogens with zero attached hydrogens (tertiary/aromatic N) is 1. The molecule has 0 saturated carbocycles. The molecule has 0 aromatic heterocycles. The van der Waals surface area contributed by atoms with Gasteiger partial charge in [-0.3, -0.25) is 9.69 Å². The lowest BCUT2D eigenvalue weighted by molar-refractivity contribution is -0.140. The average Bonchev–Trinajstić information content (AvgIpc) is 2.72. The molecule has 170 valence electrons. The van der Waals surface area contributed by atoms with Gasteiger partial charge in [0.2, 0.25) is 0 Å². The third-order valence-corrected chi connectivity index (χ3v) is 5.83. The van der Waals surface area contributed by atoms with Gasteiger partial charge >= 0.3 is 5.97 Å². The normalized spacial score (nSPS) is 18.7. The average molecular weight is 444 g/mol. The molecule has 2 aromatic rings. The number of halogens is 3. The van der Waals surface area contributed by atoms with E-state index in [9.17, 15) is 9.18 Å². The molecule has 0 N–H and O–H groups in total. The SMILES string of the molecule is C#Cc1ccc2c(c1)CC(C)N(CC(C)(C)F)C2c1c(F)cc(CCC(=O)OC)cc1F. The van der Waals surface area contributed by atoms with E-state index < -0.39 is 29.3 Å². The molecule has 0 amide bonds. The Morgan fingerprint density at radius 1 is 1.25 bits per heavy atom. The highest BCUT2D eigenvalue weighted by Gasteiger charge is 2.39. The van der Waals surface area contributed by atoms with Crippen LogP contribution in [0.5, 0.6) is 0 Å². The van der Waals surface area contributed by atoms with Crippen molar-refractivity contribution in [3.8, 4) is 12.3 Å². The minimum Gasteiger partial charge on any atom is -0.469 e. The summed E-state index contributed by atoms with van der Waals surface area (Å²) < 4.78 is 50.0. The van der Waals surface area contributed by atoms with Crippen LogP contribution in [-0.2, 0) is 22.4 Å². The van der Waals surface area contributed by atoms with Crippen LogP contribution in [0.15, 0.2) is 30.3 Å². The molecule has 3 rings (SSSR count). The van der Waals surface area contributed by atoms with Crippen LogP contribution in [0.1, 0.15) is 61.1 Å². The van der Waals surface area contributed by atoms with Crippen LogP contribution in [-0.4, -0.2) is 36.2 Å². The first-order chi connectivity index (χ1) is 15.0. The van der Waals surface area contributed by atoms with Gasteiger partial charge in [0.05, 0.1) is 13.2 Å². The fraction of sp³-hybridized carbons (Fsp3) is 0.423. The van der Waals surface area contributed by atoms with E-state index >= 15 is 8.78 Å². The van der Waals surface area contributed by atoms with Crippen molar-refractivity contribution in [1.82, 2.24) is 4.90 Å². The zero-order chi connectivity index (χ0) is 23.6. The summed E-state index contributed by atoms with van der Waals surface area (Å²) in [7, 11) is 1.26. The Bertz CT molecular complexity index is 1030. The number of methoxy groups -OCH3 is 1. The second-order valence-corrected chi connectivity index (χ2v) is 8.95. The summed E-state index contributed by atoms with van der Waals surface area (Å²) in [6.07, 6.45) is 6.31. The molecule has 0 spiro atoms. The molecule has 2 unspecified atom stereocenters. The molecule has 0 fully saturated rings. The van der Waals surface area contributed by atoms with Gasteiger partial charge in [0.1, 0.15) is 17.3 Å². The fourth-order valence-corrected chi connectivity index (χ4v) is 4.40. The summed E-state index contributed by atoms with van der Waals surface area (Å²) in [5.74, 6) is 0.693. The number of ether oxygens (including phenoxy) is 1. The number of benzene rings is 2. The molecule has 0 saturated heterocycles. The Morgan fingerprint density at radius 3 is 2.47 bits per heavy atom. The second-order valence-electron chi connectivity index (χ2n) is 8.95. The van der Waals surface area contributed by atoms with Gasteiger partial charge in [-0.05, 0) is 74.6 Å². The Balaban J connectivity index is 2.11. The largest absolute Gasteiger partial charge is 0.469 e. The van der Waals surface area contributed by atoms with Gasteiger partial charge in [-0.1, -0.05) is 12.0 Å². The Morgan fingerprint density at radius 2 is 1.91 bits per heavy atom. The maximum absolute atomic E-state index is 15.4. The molecule has 1 aliphatic rings. The van der Waals surface area contributed by atoms with Crippen LogP contribution in [0.4, 0.5) is 13.2 Å². The Kier molecular flexibility index (Phi) is 7.00. The van der Waals surface area contributed by atoms with Gasteiger partial charge in [-0.2, -0.15) is 0 Å². The number of aryl methyl sites for hydroxylation is 1.